The zero-order chi connectivity index (χ0) is 19.9. The van der Waals surface area contributed by atoms with Crippen LogP contribution in [-0.2, 0) is 0 Å². The van der Waals surface area contributed by atoms with Crippen molar-refractivity contribution in [3.8, 4) is 0 Å². The first-order valence-corrected chi connectivity index (χ1v) is 11.0. The van der Waals surface area contributed by atoms with Gasteiger partial charge in [0.05, 0.1) is 5.56 Å². The minimum absolute atomic E-state index is 0.114. The number of carbonyl (C=O) groups excluding carboxylic acids is 1. The van der Waals surface area contributed by atoms with Gasteiger partial charge in [0.25, 0.3) is 5.91 Å². The summed E-state index contributed by atoms with van der Waals surface area (Å²) in [5, 5.41) is 0.456. The lowest BCUT2D eigenvalue weighted by Crippen LogP contribution is -2.32. The highest BCUT2D eigenvalue weighted by molar-refractivity contribution is 8.00. The van der Waals surface area contributed by atoms with E-state index in [-0.39, 0.29) is 5.91 Å². The van der Waals surface area contributed by atoms with Crippen LogP contribution in [0, 0.1) is 0 Å². The van der Waals surface area contributed by atoms with E-state index in [2.05, 4.69) is 49.0 Å². The molecule has 0 aliphatic carbocycles. The SMILES string of the molecule is CC(C)Sc1ccccc1C(=O)N(C)CCCC1CC(c2ccccc2)NN1. The predicted molar refractivity (Wildman–Crippen MR) is 117 cm³/mol. The monoisotopic (exact) mass is 397 g/mol. The Kier molecular flexibility index (Phi) is 7.54. The molecule has 3 rings (SSSR count). The number of carbonyl (C=O) groups is 1. The van der Waals surface area contributed by atoms with E-state index in [1.165, 1.54) is 5.56 Å². The van der Waals surface area contributed by atoms with Crippen molar-refractivity contribution in [3.05, 3.63) is 65.7 Å². The highest BCUT2D eigenvalue weighted by Crippen LogP contribution is 2.27. The summed E-state index contributed by atoms with van der Waals surface area (Å²) in [6.45, 7) is 5.08. The number of thioether (sulfide) groups is 1. The van der Waals surface area contributed by atoms with Gasteiger partial charge in [0.1, 0.15) is 0 Å². The molecule has 0 bridgehead atoms. The highest BCUT2D eigenvalue weighted by Gasteiger charge is 2.24. The van der Waals surface area contributed by atoms with Crippen molar-refractivity contribution < 1.29 is 4.79 Å². The fourth-order valence-corrected chi connectivity index (χ4v) is 4.54. The lowest BCUT2D eigenvalue weighted by molar-refractivity contribution is 0.0788. The molecule has 28 heavy (non-hydrogen) atoms. The number of nitrogens with zero attached hydrogens (tertiary/aromatic N) is 1. The number of nitrogens with one attached hydrogen (secondary N) is 2. The second-order valence-corrected chi connectivity index (χ2v) is 9.33. The smallest absolute Gasteiger partial charge is 0.254 e. The van der Waals surface area contributed by atoms with E-state index < -0.39 is 0 Å². The van der Waals surface area contributed by atoms with E-state index in [9.17, 15) is 4.79 Å². The average Bonchev–Trinajstić information content (AvgIpc) is 3.17. The molecule has 0 saturated carbocycles. The molecule has 2 N–H and O–H groups in total. The van der Waals surface area contributed by atoms with Crippen LogP contribution in [0.5, 0.6) is 0 Å². The molecule has 0 radical (unpaired) electrons. The Morgan fingerprint density at radius 2 is 1.82 bits per heavy atom. The van der Waals surface area contributed by atoms with Crippen molar-refractivity contribution in [1.29, 1.82) is 0 Å². The van der Waals surface area contributed by atoms with Gasteiger partial charge in [-0.25, -0.2) is 0 Å². The first-order valence-electron chi connectivity index (χ1n) is 10.1. The molecule has 2 unspecified atom stereocenters. The Morgan fingerprint density at radius 1 is 1.11 bits per heavy atom. The van der Waals surface area contributed by atoms with Crippen LogP contribution < -0.4 is 10.9 Å². The van der Waals surface area contributed by atoms with E-state index in [0.717, 1.165) is 36.3 Å². The average molecular weight is 398 g/mol. The van der Waals surface area contributed by atoms with Crippen LogP contribution >= 0.6 is 11.8 Å². The molecule has 1 aliphatic rings. The lowest BCUT2D eigenvalue weighted by atomic mass is 10.00. The van der Waals surface area contributed by atoms with Gasteiger partial charge >= 0.3 is 0 Å². The standard InChI is InChI=1S/C23H31N3OS/c1-17(2)28-22-14-8-7-13-20(22)23(27)26(3)15-9-12-19-16-21(25-24-19)18-10-5-4-6-11-18/h4-8,10-11,13-14,17,19,21,24-25H,9,12,15-16H2,1-3H3. The first kappa shape index (κ1) is 20.9. The largest absolute Gasteiger partial charge is 0.342 e. The Labute approximate surface area is 173 Å². The summed E-state index contributed by atoms with van der Waals surface area (Å²) < 4.78 is 0. The van der Waals surface area contributed by atoms with Crippen molar-refractivity contribution in [2.24, 2.45) is 0 Å². The zero-order valence-electron chi connectivity index (χ0n) is 17.0. The Bertz CT molecular complexity index is 765. The fraction of sp³-hybridized carbons (Fsp3) is 0.435. The quantitative estimate of drug-likeness (QED) is 0.637. The molecule has 150 valence electrons. The van der Waals surface area contributed by atoms with Crippen LogP contribution in [0.25, 0.3) is 0 Å². The van der Waals surface area contributed by atoms with E-state index in [0.29, 0.717) is 17.3 Å². The first-order chi connectivity index (χ1) is 13.5. The summed E-state index contributed by atoms with van der Waals surface area (Å²) in [7, 11) is 1.91. The minimum Gasteiger partial charge on any atom is -0.342 e. The van der Waals surface area contributed by atoms with E-state index in [4.69, 9.17) is 0 Å². The summed E-state index contributed by atoms with van der Waals surface area (Å²) in [5.74, 6) is 0.114. The van der Waals surface area contributed by atoms with Crippen molar-refractivity contribution in [2.75, 3.05) is 13.6 Å². The van der Waals surface area contributed by atoms with Crippen LogP contribution in [0.4, 0.5) is 0 Å². The number of hydrogen-bond donors (Lipinski definition) is 2. The maximum atomic E-state index is 12.9. The van der Waals surface area contributed by atoms with E-state index in [1.54, 1.807) is 11.8 Å². The topological polar surface area (TPSA) is 44.4 Å². The molecular formula is C23H31N3OS. The van der Waals surface area contributed by atoms with Crippen LogP contribution in [0.15, 0.2) is 59.5 Å². The summed E-state index contributed by atoms with van der Waals surface area (Å²) in [5.41, 5.74) is 8.95. The Hall–Kier alpha value is -1.82. The molecule has 1 aliphatic heterocycles. The third-order valence-electron chi connectivity index (χ3n) is 5.06. The Morgan fingerprint density at radius 3 is 2.57 bits per heavy atom. The third-order valence-corrected chi connectivity index (χ3v) is 6.14. The fourth-order valence-electron chi connectivity index (χ4n) is 3.60. The van der Waals surface area contributed by atoms with Gasteiger partial charge in [-0.2, -0.15) is 0 Å². The van der Waals surface area contributed by atoms with Gasteiger partial charge in [0.2, 0.25) is 0 Å². The van der Waals surface area contributed by atoms with Crippen molar-refractivity contribution in [3.63, 3.8) is 0 Å². The Balaban J connectivity index is 1.47. The number of hydrazine groups is 1. The maximum absolute atomic E-state index is 12.9. The summed E-state index contributed by atoms with van der Waals surface area (Å²) in [4.78, 5) is 15.8. The van der Waals surface area contributed by atoms with Gasteiger partial charge in [-0.3, -0.25) is 15.6 Å². The van der Waals surface area contributed by atoms with E-state index >= 15 is 0 Å². The van der Waals surface area contributed by atoms with Crippen molar-refractivity contribution in [1.82, 2.24) is 15.8 Å². The van der Waals surface area contributed by atoms with Gasteiger partial charge in [-0.1, -0.05) is 56.3 Å². The molecule has 4 nitrogen and oxygen atoms in total. The van der Waals surface area contributed by atoms with Crippen LogP contribution in [0.2, 0.25) is 0 Å². The van der Waals surface area contributed by atoms with E-state index in [1.807, 2.05) is 42.3 Å². The third kappa shape index (κ3) is 5.60. The molecule has 2 atom stereocenters. The van der Waals surface area contributed by atoms with Crippen LogP contribution in [-0.4, -0.2) is 35.7 Å². The molecule has 1 fully saturated rings. The summed E-state index contributed by atoms with van der Waals surface area (Å²) in [6, 6.07) is 19.3. The lowest BCUT2D eigenvalue weighted by Gasteiger charge is -2.20. The summed E-state index contributed by atoms with van der Waals surface area (Å²) >= 11 is 1.75. The second kappa shape index (κ2) is 10.1. The predicted octanol–water partition coefficient (Wildman–Crippen LogP) is 4.65. The molecule has 0 aromatic heterocycles. The number of rotatable bonds is 8. The molecule has 5 heteroatoms. The van der Waals surface area contributed by atoms with Crippen LogP contribution in [0.3, 0.4) is 0 Å². The molecular weight excluding hydrogens is 366 g/mol. The van der Waals surface area contributed by atoms with Gasteiger partial charge in [0, 0.05) is 35.8 Å². The molecule has 2 aromatic carbocycles. The van der Waals surface area contributed by atoms with Gasteiger partial charge in [-0.05, 0) is 37.0 Å². The summed E-state index contributed by atoms with van der Waals surface area (Å²) in [6.07, 6.45) is 3.12. The number of hydrogen-bond acceptors (Lipinski definition) is 4. The highest BCUT2D eigenvalue weighted by atomic mass is 32.2. The van der Waals surface area contributed by atoms with Gasteiger partial charge < -0.3 is 4.90 Å². The minimum atomic E-state index is 0.114. The number of benzene rings is 2. The number of amides is 1. The molecule has 0 spiro atoms. The van der Waals surface area contributed by atoms with Crippen LogP contribution in [0.1, 0.15) is 55.1 Å². The van der Waals surface area contributed by atoms with Gasteiger partial charge in [-0.15, -0.1) is 11.8 Å². The van der Waals surface area contributed by atoms with Crippen molar-refractivity contribution >= 4 is 17.7 Å². The van der Waals surface area contributed by atoms with Gasteiger partial charge in [0.15, 0.2) is 0 Å². The molecule has 2 aromatic rings. The molecule has 1 heterocycles. The normalized spacial score (nSPS) is 19.1. The zero-order valence-corrected chi connectivity index (χ0v) is 17.8. The molecule has 1 amide bonds. The second-order valence-electron chi connectivity index (χ2n) is 7.72. The maximum Gasteiger partial charge on any atom is 0.254 e. The van der Waals surface area contributed by atoms with Crippen molar-refractivity contribution in [2.45, 2.75) is 55.3 Å². The molecule has 1 saturated heterocycles.